The van der Waals surface area contributed by atoms with Crippen molar-refractivity contribution in [3.8, 4) is 0 Å². The Balaban J connectivity index is 1.64. The van der Waals surface area contributed by atoms with E-state index in [0.29, 0.717) is 24.6 Å². The van der Waals surface area contributed by atoms with Crippen molar-refractivity contribution in [1.82, 2.24) is 9.88 Å². The molecular formula is C21H26N2O3S. The molecule has 1 aromatic carbocycles. The maximum absolute atomic E-state index is 13.0. The summed E-state index contributed by atoms with van der Waals surface area (Å²) >= 11 is 1.42. The van der Waals surface area contributed by atoms with Crippen LogP contribution in [0.25, 0.3) is 0 Å². The first-order chi connectivity index (χ1) is 12.8. The standard InChI is InChI=1S/C21H26N2O3S/c1-21(2,3)18-17(27-13-22-18)19(24)23-10-8-14(9-11-23)12-15-6-4-5-7-16(15)20(25)26/h4-7,13-14H,8-12H2,1-3H3,(H,25,26). The largest absolute Gasteiger partial charge is 0.478 e. The maximum Gasteiger partial charge on any atom is 0.335 e. The third-order valence-electron chi connectivity index (χ3n) is 5.13. The molecule has 0 aliphatic carbocycles. The second-order valence-electron chi connectivity index (χ2n) is 8.18. The van der Waals surface area contributed by atoms with E-state index in [1.807, 2.05) is 17.0 Å². The van der Waals surface area contributed by atoms with Crippen molar-refractivity contribution < 1.29 is 14.7 Å². The third-order valence-corrected chi connectivity index (χ3v) is 5.94. The summed E-state index contributed by atoms with van der Waals surface area (Å²) in [5.41, 5.74) is 3.74. The molecule has 1 N–H and O–H groups in total. The number of likely N-dealkylation sites (tertiary alicyclic amines) is 1. The number of carboxylic acids is 1. The monoisotopic (exact) mass is 386 g/mol. The summed E-state index contributed by atoms with van der Waals surface area (Å²) in [6, 6.07) is 7.20. The average molecular weight is 387 g/mol. The van der Waals surface area contributed by atoms with Crippen molar-refractivity contribution in [3.63, 3.8) is 0 Å². The lowest BCUT2D eigenvalue weighted by Gasteiger charge is -2.32. The molecule has 1 fully saturated rings. The van der Waals surface area contributed by atoms with Crippen LogP contribution in [-0.2, 0) is 11.8 Å². The van der Waals surface area contributed by atoms with Crippen LogP contribution < -0.4 is 0 Å². The SMILES string of the molecule is CC(C)(C)c1ncsc1C(=O)N1CCC(Cc2ccccc2C(=O)O)CC1. The van der Waals surface area contributed by atoms with Gasteiger partial charge in [0.15, 0.2) is 0 Å². The minimum Gasteiger partial charge on any atom is -0.478 e. The Hall–Kier alpha value is -2.21. The number of hydrogen-bond acceptors (Lipinski definition) is 4. The van der Waals surface area contributed by atoms with Gasteiger partial charge in [-0.15, -0.1) is 11.3 Å². The molecule has 27 heavy (non-hydrogen) atoms. The van der Waals surface area contributed by atoms with E-state index in [-0.39, 0.29) is 11.3 Å². The number of hydrogen-bond donors (Lipinski definition) is 1. The van der Waals surface area contributed by atoms with Crippen molar-refractivity contribution in [2.24, 2.45) is 5.92 Å². The number of thiazole rings is 1. The summed E-state index contributed by atoms with van der Waals surface area (Å²) in [6.45, 7) is 7.64. The van der Waals surface area contributed by atoms with Gasteiger partial charge in [0, 0.05) is 18.5 Å². The molecule has 0 radical (unpaired) electrons. The zero-order valence-corrected chi connectivity index (χ0v) is 16.9. The number of rotatable bonds is 4. The molecule has 1 saturated heterocycles. The normalized spacial score (nSPS) is 15.7. The van der Waals surface area contributed by atoms with Crippen LogP contribution >= 0.6 is 11.3 Å². The van der Waals surface area contributed by atoms with Crippen LogP contribution in [0.5, 0.6) is 0 Å². The van der Waals surface area contributed by atoms with E-state index < -0.39 is 5.97 Å². The highest BCUT2D eigenvalue weighted by atomic mass is 32.1. The Labute approximate surface area is 164 Å². The van der Waals surface area contributed by atoms with Gasteiger partial charge in [-0.3, -0.25) is 4.79 Å². The highest BCUT2D eigenvalue weighted by molar-refractivity contribution is 7.11. The van der Waals surface area contributed by atoms with E-state index in [2.05, 4.69) is 25.8 Å². The maximum atomic E-state index is 13.0. The molecule has 0 spiro atoms. The van der Waals surface area contributed by atoms with Crippen molar-refractivity contribution >= 4 is 23.2 Å². The van der Waals surface area contributed by atoms with E-state index in [9.17, 15) is 14.7 Å². The van der Waals surface area contributed by atoms with Gasteiger partial charge in [0.2, 0.25) is 0 Å². The lowest BCUT2D eigenvalue weighted by molar-refractivity contribution is 0.0692. The Morgan fingerprint density at radius 3 is 2.52 bits per heavy atom. The van der Waals surface area contributed by atoms with E-state index in [0.717, 1.165) is 35.4 Å². The third kappa shape index (κ3) is 4.38. The molecule has 0 saturated carbocycles. The van der Waals surface area contributed by atoms with Crippen molar-refractivity contribution in [2.45, 2.75) is 45.4 Å². The summed E-state index contributed by atoms with van der Waals surface area (Å²) < 4.78 is 0. The van der Waals surface area contributed by atoms with E-state index in [1.165, 1.54) is 11.3 Å². The molecule has 1 amide bonds. The number of aromatic carboxylic acids is 1. The van der Waals surface area contributed by atoms with Crippen LogP contribution in [0, 0.1) is 5.92 Å². The molecule has 1 aromatic heterocycles. The van der Waals surface area contributed by atoms with Gasteiger partial charge in [-0.25, -0.2) is 9.78 Å². The number of piperidine rings is 1. The lowest BCUT2D eigenvalue weighted by atomic mass is 9.88. The van der Waals surface area contributed by atoms with Crippen molar-refractivity contribution in [3.05, 3.63) is 51.5 Å². The molecule has 2 aromatic rings. The predicted molar refractivity (Wildman–Crippen MR) is 107 cm³/mol. The fourth-order valence-electron chi connectivity index (χ4n) is 3.63. The summed E-state index contributed by atoms with van der Waals surface area (Å²) in [5.74, 6) is -0.400. The van der Waals surface area contributed by atoms with Crippen LogP contribution in [0.4, 0.5) is 0 Å². The number of nitrogens with zero attached hydrogens (tertiary/aromatic N) is 2. The number of amides is 1. The Morgan fingerprint density at radius 1 is 1.22 bits per heavy atom. The molecule has 1 aliphatic rings. The van der Waals surface area contributed by atoms with Gasteiger partial charge < -0.3 is 10.0 Å². The van der Waals surface area contributed by atoms with E-state index in [1.54, 1.807) is 17.6 Å². The summed E-state index contributed by atoms with van der Waals surface area (Å²) in [4.78, 5) is 31.4. The zero-order chi connectivity index (χ0) is 19.6. The quantitative estimate of drug-likeness (QED) is 0.853. The zero-order valence-electron chi connectivity index (χ0n) is 16.1. The summed E-state index contributed by atoms with van der Waals surface area (Å²) in [7, 11) is 0. The van der Waals surface area contributed by atoms with Crippen molar-refractivity contribution in [2.75, 3.05) is 13.1 Å². The van der Waals surface area contributed by atoms with Crippen LogP contribution in [0.15, 0.2) is 29.8 Å². The molecule has 0 unspecified atom stereocenters. The Kier molecular flexibility index (Phi) is 5.65. The number of benzene rings is 1. The average Bonchev–Trinajstić information content (AvgIpc) is 3.12. The second-order valence-corrected chi connectivity index (χ2v) is 9.04. The molecular weight excluding hydrogens is 360 g/mol. The van der Waals surface area contributed by atoms with Gasteiger partial charge in [-0.1, -0.05) is 39.0 Å². The topological polar surface area (TPSA) is 70.5 Å². The van der Waals surface area contributed by atoms with Gasteiger partial charge in [0.25, 0.3) is 5.91 Å². The first kappa shape index (κ1) is 19.5. The molecule has 6 heteroatoms. The Morgan fingerprint density at radius 2 is 1.89 bits per heavy atom. The van der Waals surface area contributed by atoms with Gasteiger partial charge in [0.1, 0.15) is 4.88 Å². The first-order valence-corrected chi connectivity index (χ1v) is 10.2. The molecule has 5 nitrogen and oxygen atoms in total. The van der Waals surface area contributed by atoms with Gasteiger partial charge in [0.05, 0.1) is 16.8 Å². The summed E-state index contributed by atoms with van der Waals surface area (Å²) in [6.07, 6.45) is 2.53. The predicted octanol–water partition coefficient (Wildman–Crippen LogP) is 4.23. The number of carbonyl (C=O) groups is 2. The Bertz CT molecular complexity index is 830. The van der Waals surface area contributed by atoms with Gasteiger partial charge in [-0.2, -0.15) is 0 Å². The highest BCUT2D eigenvalue weighted by Crippen LogP contribution is 2.30. The van der Waals surface area contributed by atoms with Crippen molar-refractivity contribution in [1.29, 1.82) is 0 Å². The van der Waals surface area contributed by atoms with Crippen LogP contribution in [0.3, 0.4) is 0 Å². The minimum atomic E-state index is -0.877. The van der Waals surface area contributed by atoms with Gasteiger partial charge >= 0.3 is 5.97 Å². The number of carboxylic acid groups (broad SMARTS) is 1. The number of carbonyl (C=O) groups excluding carboxylic acids is 1. The van der Waals surface area contributed by atoms with E-state index in [4.69, 9.17) is 0 Å². The molecule has 0 atom stereocenters. The molecule has 144 valence electrons. The molecule has 2 heterocycles. The van der Waals surface area contributed by atoms with Crippen LogP contribution in [0.1, 0.15) is 64.9 Å². The lowest BCUT2D eigenvalue weighted by Crippen LogP contribution is -2.39. The van der Waals surface area contributed by atoms with Gasteiger partial charge in [-0.05, 0) is 36.8 Å². The smallest absolute Gasteiger partial charge is 0.335 e. The molecule has 1 aliphatic heterocycles. The first-order valence-electron chi connectivity index (χ1n) is 9.32. The fourth-order valence-corrected chi connectivity index (χ4v) is 4.60. The molecule has 0 bridgehead atoms. The van der Waals surface area contributed by atoms with Crippen LogP contribution in [-0.4, -0.2) is 40.0 Å². The number of aromatic nitrogens is 1. The van der Waals surface area contributed by atoms with E-state index >= 15 is 0 Å². The van der Waals surface area contributed by atoms with Crippen LogP contribution in [0.2, 0.25) is 0 Å². The molecule has 3 rings (SSSR count). The second kappa shape index (κ2) is 7.80. The summed E-state index contributed by atoms with van der Waals surface area (Å²) in [5, 5.41) is 9.35. The fraction of sp³-hybridized carbons (Fsp3) is 0.476. The highest BCUT2D eigenvalue weighted by Gasteiger charge is 2.30. The minimum absolute atomic E-state index is 0.0758.